The Labute approximate surface area is 116 Å². The molecule has 1 saturated heterocycles. The third kappa shape index (κ3) is 4.28. The number of hydrogen-bond acceptors (Lipinski definition) is 4. The molecule has 1 atom stereocenters. The standard InChI is InChI=1S/C14H27N5/c1-4-15-13-6-5-7-18(9-13)10-14-16-11-17-19(14)8-12(2)3/h11-13,15H,4-10H2,1-3H3. The van der Waals surface area contributed by atoms with Gasteiger partial charge in [-0.05, 0) is 31.8 Å². The summed E-state index contributed by atoms with van der Waals surface area (Å²) in [5, 5.41) is 7.90. The van der Waals surface area contributed by atoms with Crippen molar-refractivity contribution in [2.75, 3.05) is 19.6 Å². The van der Waals surface area contributed by atoms with Crippen LogP contribution in [-0.4, -0.2) is 45.3 Å². The van der Waals surface area contributed by atoms with Crippen LogP contribution in [-0.2, 0) is 13.1 Å². The minimum absolute atomic E-state index is 0.608. The Morgan fingerprint density at radius 2 is 2.32 bits per heavy atom. The van der Waals surface area contributed by atoms with E-state index in [1.807, 2.05) is 0 Å². The quantitative estimate of drug-likeness (QED) is 0.847. The average molecular weight is 265 g/mol. The van der Waals surface area contributed by atoms with Gasteiger partial charge in [-0.15, -0.1) is 0 Å². The van der Waals surface area contributed by atoms with Crippen molar-refractivity contribution in [1.29, 1.82) is 0 Å². The van der Waals surface area contributed by atoms with Crippen LogP contribution >= 0.6 is 0 Å². The number of hydrogen-bond donors (Lipinski definition) is 1. The molecule has 0 radical (unpaired) electrons. The molecule has 1 aromatic heterocycles. The normalized spacial score (nSPS) is 21.2. The summed E-state index contributed by atoms with van der Waals surface area (Å²) in [6.45, 7) is 11.9. The zero-order chi connectivity index (χ0) is 13.7. The number of aromatic nitrogens is 3. The van der Waals surface area contributed by atoms with Crippen LogP contribution in [0.15, 0.2) is 6.33 Å². The summed E-state index contributed by atoms with van der Waals surface area (Å²) >= 11 is 0. The lowest BCUT2D eigenvalue weighted by atomic mass is 10.1. The van der Waals surface area contributed by atoms with Gasteiger partial charge in [0.2, 0.25) is 0 Å². The van der Waals surface area contributed by atoms with Crippen molar-refractivity contribution in [3.8, 4) is 0 Å². The number of rotatable bonds is 6. The lowest BCUT2D eigenvalue weighted by Crippen LogP contribution is -2.45. The van der Waals surface area contributed by atoms with E-state index in [1.54, 1.807) is 6.33 Å². The van der Waals surface area contributed by atoms with Gasteiger partial charge in [0.15, 0.2) is 0 Å². The van der Waals surface area contributed by atoms with Crippen LogP contribution in [0.2, 0.25) is 0 Å². The van der Waals surface area contributed by atoms with Gasteiger partial charge in [-0.2, -0.15) is 5.10 Å². The molecule has 5 nitrogen and oxygen atoms in total. The summed E-state index contributed by atoms with van der Waals surface area (Å²) in [5.74, 6) is 1.71. The van der Waals surface area contributed by atoms with Gasteiger partial charge in [-0.1, -0.05) is 20.8 Å². The summed E-state index contributed by atoms with van der Waals surface area (Å²) in [6, 6.07) is 0.639. The van der Waals surface area contributed by atoms with E-state index < -0.39 is 0 Å². The van der Waals surface area contributed by atoms with Gasteiger partial charge in [-0.3, -0.25) is 4.90 Å². The van der Waals surface area contributed by atoms with Crippen LogP contribution < -0.4 is 5.32 Å². The maximum Gasteiger partial charge on any atom is 0.141 e. The molecule has 2 heterocycles. The van der Waals surface area contributed by atoms with E-state index in [1.165, 1.54) is 19.4 Å². The number of nitrogens with zero attached hydrogens (tertiary/aromatic N) is 4. The van der Waals surface area contributed by atoms with E-state index in [0.717, 1.165) is 32.0 Å². The largest absolute Gasteiger partial charge is 0.313 e. The smallest absolute Gasteiger partial charge is 0.141 e. The van der Waals surface area contributed by atoms with Gasteiger partial charge in [0.1, 0.15) is 12.2 Å². The van der Waals surface area contributed by atoms with E-state index in [-0.39, 0.29) is 0 Å². The van der Waals surface area contributed by atoms with E-state index >= 15 is 0 Å². The second kappa shape index (κ2) is 7.01. The summed E-state index contributed by atoms with van der Waals surface area (Å²) < 4.78 is 2.06. The molecular weight excluding hydrogens is 238 g/mol. The third-order valence-electron chi connectivity index (χ3n) is 3.60. The Morgan fingerprint density at radius 3 is 3.05 bits per heavy atom. The zero-order valence-electron chi connectivity index (χ0n) is 12.5. The van der Waals surface area contributed by atoms with Crippen molar-refractivity contribution in [3.63, 3.8) is 0 Å². The SMILES string of the molecule is CCNC1CCCN(Cc2ncnn2CC(C)C)C1. The highest BCUT2D eigenvalue weighted by Crippen LogP contribution is 2.13. The van der Waals surface area contributed by atoms with Crippen molar-refractivity contribution in [2.24, 2.45) is 5.92 Å². The molecule has 1 aliphatic heterocycles. The van der Waals surface area contributed by atoms with Crippen LogP contribution in [0.25, 0.3) is 0 Å². The van der Waals surface area contributed by atoms with Gasteiger partial charge in [0.05, 0.1) is 6.54 Å². The first-order valence-electron chi connectivity index (χ1n) is 7.51. The number of piperidine rings is 1. The molecule has 1 aliphatic rings. The Kier molecular flexibility index (Phi) is 5.34. The molecule has 0 saturated carbocycles. The van der Waals surface area contributed by atoms with Crippen LogP contribution in [0, 0.1) is 5.92 Å². The van der Waals surface area contributed by atoms with Crippen LogP contribution in [0.1, 0.15) is 39.4 Å². The fourth-order valence-electron chi connectivity index (χ4n) is 2.76. The minimum atomic E-state index is 0.608. The molecule has 0 aliphatic carbocycles. The molecule has 19 heavy (non-hydrogen) atoms. The molecule has 1 unspecified atom stereocenters. The third-order valence-corrected chi connectivity index (χ3v) is 3.60. The first kappa shape index (κ1) is 14.5. The molecule has 0 amide bonds. The molecule has 5 heteroatoms. The van der Waals surface area contributed by atoms with Gasteiger partial charge in [0, 0.05) is 19.1 Å². The summed E-state index contributed by atoms with van der Waals surface area (Å²) in [5.41, 5.74) is 0. The van der Waals surface area contributed by atoms with Gasteiger partial charge >= 0.3 is 0 Å². The first-order chi connectivity index (χ1) is 9.19. The molecular formula is C14H27N5. The highest BCUT2D eigenvalue weighted by Gasteiger charge is 2.20. The predicted octanol–water partition coefficient (Wildman–Crippen LogP) is 1.51. The fraction of sp³-hybridized carbons (Fsp3) is 0.857. The van der Waals surface area contributed by atoms with E-state index in [9.17, 15) is 0 Å². The Balaban J connectivity index is 1.91. The van der Waals surface area contributed by atoms with E-state index in [2.05, 4.69) is 45.8 Å². The molecule has 0 aromatic carbocycles. The Hall–Kier alpha value is -0.940. The molecule has 1 aromatic rings. The van der Waals surface area contributed by atoms with Crippen LogP contribution in [0.5, 0.6) is 0 Å². The first-order valence-corrected chi connectivity index (χ1v) is 7.51. The Bertz CT molecular complexity index is 372. The van der Waals surface area contributed by atoms with Crippen LogP contribution in [0.4, 0.5) is 0 Å². The minimum Gasteiger partial charge on any atom is -0.313 e. The molecule has 1 fully saturated rings. The Morgan fingerprint density at radius 1 is 1.47 bits per heavy atom. The fourth-order valence-corrected chi connectivity index (χ4v) is 2.76. The lowest BCUT2D eigenvalue weighted by Gasteiger charge is -2.32. The zero-order valence-corrected chi connectivity index (χ0v) is 12.5. The molecule has 108 valence electrons. The number of likely N-dealkylation sites (N-methyl/N-ethyl adjacent to an activating group) is 1. The monoisotopic (exact) mass is 265 g/mol. The summed E-state index contributed by atoms with van der Waals surface area (Å²) in [6.07, 6.45) is 4.25. The van der Waals surface area contributed by atoms with Crippen LogP contribution in [0.3, 0.4) is 0 Å². The summed E-state index contributed by atoms with van der Waals surface area (Å²) in [7, 11) is 0. The summed E-state index contributed by atoms with van der Waals surface area (Å²) in [4.78, 5) is 6.92. The molecule has 1 N–H and O–H groups in total. The second-order valence-corrected chi connectivity index (χ2v) is 5.88. The average Bonchev–Trinajstić information content (AvgIpc) is 2.77. The predicted molar refractivity (Wildman–Crippen MR) is 76.8 cm³/mol. The van der Waals surface area contributed by atoms with Crippen molar-refractivity contribution in [1.82, 2.24) is 25.0 Å². The van der Waals surface area contributed by atoms with Crippen molar-refractivity contribution >= 4 is 0 Å². The molecule has 0 spiro atoms. The van der Waals surface area contributed by atoms with Crippen molar-refractivity contribution in [3.05, 3.63) is 12.2 Å². The van der Waals surface area contributed by atoms with E-state index in [4.69, 9.17) is 0 Å². The van der Waals surface area contributed by atoms with Gasteiger partial charge < -0.3 is 5.32 Å². The van der Waals surface area contributed by atoms with Gasteiger partial charge in [0.25, 0.3) is 0 Å². The van der Waals surface area contributed by atoms with Crippen molar-refractivity contribution < 1.29 is 0 Å². The highest BCUT2D eigenvalue weighted by molar-refractivity contribution is 4.88. The number of likely N-dealkylation sites (tertiary alicyclic amines) is 1. The maximum absolute atomic E-state index is 4.42. The van der Waals surface area contributed by atoms with Gasteiger partial charge in [-0.25, -0.2) is 9.67 Å². The maximum atomic E-state index is 4.42. The second-order valence-electron chi connectivity index (χ2n) is 5.88. The molecule has 2 rings (SSSR count). The highest BCUT2D eigenvalue weighted by atomic mass is 15.3. The molecule has 0 bridgehead atoms. The number of nitrogens with one attached hydrogen (secondary N) is 1. The van der Waals surface area contributed by atoms with E-state index in [0.29, 0.717) is 12.0 Å². The van der Waals surface area contributed by atoms with Crippen molar-refractivity contribution in [2.45, 2.75) is 52.7 Å². The topological polar surface area (TPSA) is 46.0 Å². The lowest BCUT2D eigenvalue weighted by molar-refractivity contribution is 0.177.